The van der Waals surface area contributed by atoms with Crippen LogP contribution < -0.4 is 11.1 Å². The molecule has 0 spiro atoms. The van der Waals surface area contributed by atoms with Crippen LogP contribution in [-0.4, -0.2) is 12.5 Å². The number of guanidine groups is 1. The van der Waals surface area contributed by atoms with Gasteiger partial charge in [-0.05, 0) is 60.9 Å². The van der Waals surface area contributed by atoms with E-state index < -0.39 is 0 Å². The van der Waals surface area contributed by atoms with Crippen molar-refractivity contribution in [2.45, 2.75) is 26.2 Å². The van der Waals surface area contributed by atoms with Crippen molar-refractivity contribution in [2.24, 2.45) is 16.6 Å². The van der Waals surface area contributed by atoms with Gasteiger partial charge in [-0.3, -0.25) is 4.99 Å². The number of nitrogens with one attached hydrogen (secondary N) is 1. The quantitative estimate of drug-likeness (QED) is 0.665. The van der Waals surface area contributed by atoms with Crippen molar-refractivity contribution in [1.29, 1.82) is 0 Å². The highest BCUT2D eigenvalue weighted by Crippen LogP contribution is 2.47. The minimum Gasteiger partial charge on any atom is -0.370 e. The number of nitrogens with two attached hydrogens (primary N) is 1. The number of aliphatic imine (C=N–C) groups is 1. The maximum atomic E-state index is 5.99. The minimum atomic E-state index is 0.502. The SMILES string of the molecule is Cc1ccc(NC(N)=NCC2CC2c2ccccc2)cc1C. The molecule has 3 N–H and O–H groups in total. The molecule has 2 aromatic rings. The molecule has 2 atom stereocenters. The molecular formula is C19H23N3. The number of hydrogen-bond acceptors (Lipinski definition) is 1. The van der Waals surface area contributed by atoms with Crippen LogP contribution in [0.25, 0.3) is 0 Å². The van der Waals surface area contributed by atoms with Crippen molar-refractivity contribution in [2.75, 3.05) is 11.9 Å². The summed E-state index contributed by atoms with van der Waals surface area (Å²) in [6.45, 7) is 5.00. The molecule has 0 bridgehead atoms. The van der Waals surface area contributed by atoms with Crippen LogP contribution in [0.4, 0.5) is 5.69 Å². The summed E-state index contributed by atoms with van der Waals surface area (Å²) < 4.78 is 0. The Kier molecular flexibility index (Phi) is 4.14. The Hall–Kier alpha value is -2.29. The number of nitrogens with zero attached hydrogens (tertiary/aromatic N) is 1. The second kappa shape index (κ2) is 6.22. The van der Waals surface area contributed by atoms with Gasteiger partial charge in [-0.1, -0.05) is 36.4 Å². The summed E-state index contributed by atoms with van der Waals surface area (Å²) in [5.41, 5.74) is 10.9. The van der Waals surface area contributed by atoms with Crippen molar-refractivity contribution in [3.05, 3.63) is 65.2 Å². The largest absolute Gasteiger partial charge is 0.370 e. The maximum Gasteiger partial charge on any atom is 0.193 e. The van der Waals surface area contributed by atoms with Gasteiger partial charge in [0, 0.05) is 12.2 Å². The Balaban J connectivity index is 1.54. The Morgan fingerprint density at radius 1 is 1.14 bits per heavy atom. The van der Waals surface area contributed by atoms with Crippen LogP contribution in [0.15, 0.2) is 53.5 Å². The summed E-state index contributed by atoms with van der Waals surface area (Å²) >= 11 is 0. The van der Waals surface area contributed by atoms with E-state index in [1.165, 1.54) is 23.1 Å². The van der Waals surface area contributed by atoms with Crippen molar-refractivity contribution in [3.63, 3.8) is 0 Å². The van der Waals surface area contributed by atoms with Gasteiger partial charge in [-0.25, -0.2) is 0 Å². The summed E-state index contributed by atoms with van der Waals surface area (Å²) in [4.78, 5) is 4.49. The molecule has 0 heterocycles. The van der Waals surface area contributed by atoms with E-state index in [4.69, 9.17) is 5.73 Å². The molecule has 1 aliphatic carbocycles. The van der Waals surface area contributed by atoms with E-state index in [1.807, 2.05) is 6.07 Å². The molecule has 3 nitrogen and oxygen atoms in total. The first kappa shape index (κ1) is 14.6. The molecule has 0 amide bonds. The van der Waals surface area contributed by atoms with E-state index in [2.05, 4.69) is 66.6 Å². The fraction of sp³-hybridized carbons (Fsp3) is 0.316. The van der Waals surface area contributed by atoms with E-state index in [9.17, 15) is 0 Å². The summed E-state index contributed by atoms with van der Waals surface area (Å²) in [5, 5.41) is 3.18. The summed E-state index contributed by atoms with van der Waals surface area (Å²) in [6.07, 6.45) is 1.21. The van der Waals surface area contributed by atoms with Gasteiger partial charge in [0.2, 0.25) is 0 Å². The molecule has 2 unspecified atom stereocenters. The maximum absolute atomic E-state index is 5.99. The van der Waals surface area contributed by atoms with Crippen LogP contribution in [0.3, 0.4) is 0 Å². The average molecular weight is 293 g/mol. The first-order chi connectivity index (χ1) is 10.6. The topological polar surface area (TPSA) is 50.4 Å². The Labute approximate surface area is 132 Å². The van der Waals surface area contributed by atoms with E-state index in [0.717, 1.165) is 12.2 Å². The van der Waals surface area contributed by atoms with Crippen molar-refractivity contribution in [3.8, 4) is 0 Å². The van der Waals surface area contributed by atoms with Crippen LogP contribution in [-0.2, 0) is 0 Å². The van der Waals surface area contributed by atoms with E-state index in [0.29, 0.717) is 17.8 Å². The van der Waals surface area contributed by atoms with Gasteiger partial charge in [0.05, 0.1) is 0 Å². The molecule has 0 radical (unpaired) electrons. The van der Waals surface area contributed by atoms with Gasteiger partial charge >= 0.3 is 0 Å². The molecular weight excluding hydrogens is 270 g/mol. The number of anilines is 1. The molecule has 3 heteroatoms. The predicted octanol–water partition coefficient (Wildman–Crippen LogP) is 3.83. The normalized spacial score (nSPS) is 20.7. The zero-order chi connectivity index (χ0) is 15.5. The fourth-order valence-corrected chi connectivity index (χ4v) is 2.78. The second-order valence-corrected chi connectivity index (χ2v) is 6.16. The molecule has 1 saturated carbocycles. The Bertz CT molecular complexity index is 676. The van der Waals surface area contributed by atoms with Gasteiger partial charge in [0.25, 0.3) is 0 Å². The summed E-state index contributed by atoms with van der Waals surface area (Å²) in [5.74, 6) is 1.78. The third kappa shape index (κ3) is 3.48. The highest BCUT2D eigenvalue weighted by molar-refractivity contribution is 5.92. The Morgan fingerprint density at radius 2 is 1.91 bits per heavy atom. The number of hydrogen-bond donors (Lipinski definition) is 2. The number of aryl methyl sites for hydroxylation is 2. The van der Waals surface area contributed by atoms with Crippen molar-refractivity contribution in [1.82, 2.24) is 0 Å². The van der Waals surface area contributed by atoms with Crippen LogP contribution in [0.1, 0.15) is 29.0 Å². The highest BCUT2D eigenvalue weighted by atomic mass is 15.1. The van der Waals surface area contributed by atoms with Crippen molar-refractivity contribution >= 4 is 11.6 Å². The molecule has 1 fully saturated rings. The van der Waals surface area contributed by atoms with Gasteiger partial charge in [-0.2, -0.15) is 0 Å². The molecule has 22 heavy (non-hydrogen) atoms. The van der Waals surface area contributed by atoms with E-state index in [-0.39, 0.29) is 0 Å². The number of benzene rings is 2. The minimum absolute atomic E-state index is 0.502. The number of rotatable bonds is 4. The predicted molar refractivity (Wildman–Crippen MR) is 93.3 cm³/mol. The molecule has 0 aliphatic heterocycles. The molecule has 0 aromatic heterocycles. The summed E-state index contributed by atoms with van der Waals surface area (Å²) in [7, 11) is 0. The van der Waals surface area contributed by atoms with Crippen LogP contribution in [0, 0.1) is 19.8 Å². The smallest absolute Gasteiger partial charge is 0.193 e. The third-order valence-corrected chi connectivity index (χ3v) is 4.43. The first-order valence-corrected chi connectivity index (χ1v) is 7.82. The highest BCUT2D eigenvalue weighted by Gasteiger charge is 2.37. The fourth-order valence-electron chi connectivity index (χ4n) is 2.78. The van der Waals surface area contributed by atoms with Crippen LogP contribution in [0.5, 0.6) is 0 Å². The van der Waals surface area contributed by atoms with Crippen molar-refractivity contribution < 1.29 is 0 Å². The van der Waals surface area contributed by atoms with Gasteiger partial charge in [-0.15, -0.1) is 0 Å². The standard InChI is InChI=1S/C19H23N3/c1-13-8-9-17(10-14(13)2)22-19(20)21-12-16-11-18(16)15-6-4-3-5-7-15/h3-10,16,18H,11-12H2,1-2H3,(H3,20,21,22). The van der Waals surface area contributed by atoms with E-state index >= 15 is 0 Å². The molecule has 1 aliphatic rings. The summed E-state index contributed by atoms with van der Waals surface area (Å²) in [6, 6.07) is 16.9. The lowest BCUT2D eigenvalue weighted by molar-refractivity contribution is 0.809. The van der Waals surface area contributed by atoms with E-state index in [1.54, 1.807) is 0 Å². The van der Waals surface area contributed by atoms with Gasteiger partial charge < -0.3 is 11.1 Å². The van der Waals surface area contributed by atoms with Crippen LogP contribution >= 0.6 is 0 Å². The van der Waals surface area contributed by atoms with Crippen LogP contribution in [0.2, 0.25) is 0 Å². The lowest BCUT2D eigenvalue weighted by Gasteiger charge is -2.08. The molecule has 114 valence electrons. The zero-order valence-corrected chi connectivity index (χ0v) is 13.2. The third-order valence-electron chi connectivity index (χ3n) is 4.43. The first-order valence-electron chi connectivity index (χ1n) is 7.82. The molecule has 3 rings (SSSR count). The van der Waals surface area contributed by atoms with Gasteiger partial charge in [0.1, 0.15) is 0 Å². The lowest BCUT2D eigenvalue weighted by Crippen LogP contribution is -2.23. The monoisotopic (exact) mass is 293 g/mol. The van der Waals surface area contributed by atoms with Gasteiger partial charge in [0.15, 0.2) is 5.96 Å². The Morgan fingerprint density at radius 3 is 2.64 bits per heavy atom. The zero-order valence-electron chi connectivity index (χ0n) is 13.2. The average Bonchev–Trinajstić information content (AvgIpc) is 3.30. The second-order valence-electron chi connectivity index (χ2n) is 6.16. The molecule has 2 aromatic carbocycles. The lowest BCUT2D eigenvalue weighted by atomic mass is 10.1. The molecule has 0 saturated heterocycles.